The summed E-state index contributed by atoms with van der Waals surface area (Å²) in [5, 5.41) is 4.19. The lowest BCUT2D eigenvalue weighted by Crippen LogP contribution is -2.30. The van der Waals surface area contributed by atoms with Gasteiger partial charge in [0.25, 0.3) is 5.91 Å². The Hall–Kier alpha value is -2.79. The number of pyridine rings is 1. The fraction of sp³-hybridized carbons (Fsp3) is 0.273. The Morgan fingerprint density at radius 2 is 1.96 bits per heavy atom. The van der Waals surface area contributed by atoms with Crippen molar-refractivity contribution in [3.05, 3.63) is 59.8 Å². The molecule has 1 aromatic heterocycles. The highest BCUT2D eigenvalue weighted by molar-refractivity contribution is 6.32. The zero-order valence-electron chi connectivity index (χ0n) is 15.9. The molecule has 1 amide bonds. The maximum atomic E-state index is 12.6. The highest BCUT2D eigenvalue weighted by Gasteiger charge is 2.18. The number of nitrogens with one attached hydrogen (secondary N) is 1. The molecule has 1 atom stereocenters. The average molecular weight is 399 g/mol. The summed E-state index contributed by atoms with van der Waals surface area (Å²) in [6, 6.07) is 14.5. The Labute approximate surface area is 169 Å². The summed E-state index contributed by atoms with van der Waals surface area (Å²) >= 11 is 6.10. The number of anilines is 1. The minimum atomic E-state index is -0.716. The van der Waals surface area contributed by atoms with Crippen molar-refractivity contribution in [2.45, 2.75) is 32.8 Å². The van der Waals surface area contributed by atoms with E-state index in [2.05, 4.69) is 17.2 Å². The molecule has 0 unspecified atom stereocenters. The lowest BCUT2D eigenvalue weighted by molar-refractivity contribution is -0.122. The van der Waals surface area contributed by atoms with E-state index in [1.165, 1.54) is 0 Å². The molecule has 28 heavy (non-hydrogen) atoms. The maximum Gasteiger partial charge on any atom is 0.265 e. The number of hydrogen-bond acceptors (Lipinski definition) is 4. The number of hydrogen-bond donors (Lipinski definition) is 1. The minimum absolute atomic E-state index is 0.273. The lowest BCUT2D eigenvalue weighted by Gasteiger charge is -2.17. The van der Waals surface area contributed by atoms with Crippen LogP contribution in [-0.4, -0.2) is 23.6 Å². The second-order valence-electron chi connectivity index (χ2n) is 6.39. The van der Waals surface area contributed by atoms with Gasteiger partial charge in [-0.2, -0.15) is 0 Å². The van der Waals surface area contributed by atoms with Crippen LogP contribution in [0.4, 0.5) is 5.69 Å². The Kier molecular flexibility index (Phi) is 6.71. The number of unbranched alkanes of at least 4 members (excludes halogenated alkanes) is 1. The molecule has 2 aromatic carbocycles. The quantitative estimate of drug-likeness (QED) is 0.511. The van der Waals surface area contributed by atoms with Gasteiger partial charge in [-0.3, -0.25) is 9.78 Å². The predicted molar refractivity (Wildman–Crippen MR) is 112 cm³/mol. The Morgan fingerprint density at radius 1 is 1.14 bits per heavy atom. The summed E-state index contributed by atoms with van der Waals surface area (Å²) in [4.78, 5) is 17.1. The fourth-order valence-corrected chi connectivity index (χ4v) is 2.90. The number of carbonyl (C=O) groups is 1. The summed E-state index contributed by atoms with van der Waals surface area (Å²) in [6.07, 6.45) is 3.03. The summed E-state index contributed by atoms with van der Waals surface area (Å²) < 4.78 is 11.5. The first-order chi connectivity index (χ1) is 13.6. The zero-order valence-corrected chi connectivity index (χ0v) is 16.7. The van der Waals surface area contributed by atoms with Crippen LogP contribution in [0, 0.1) is 0 Å². The molecule has 6 heteroatoms. The van der Waals surface area contributed by atoms with Crippen LogP contribution < -0.4 is 14.8 Å². The first-order valence-corrected chi connectivity index (χ1v) is 9.70. The summed E-state index contributed by atoms with van der Waals surface area (Å²) in [5.74, 6) is 0.908. The van der Waals surface area contributed by atoms with Crippen molar-refractivity contribution in [3.63, 3.8) is 0 Å². The second-order valence-corrected chi connectivity index (χ2v) is 6.80. The van der Waals surface area contributed by atoms with Gasteiger partial charge >= 0.3 is 0 Å². The Bertz CT molecular complexity index is 961. The van der Waals surface area contributed by atoms with Crippen LogP contribution in [0.1, 0.15) is 26.7 Å². The van der Waals surface area contributed by atoms with Crippen LogP contribution in [-0.2, 0) is 4.79 Å². The highest BCUT2D eigenvalue weighted by atomic mass is 35.5. The molecule has 0 saturated heterocycles. The normalized spacial score (nSPS) is 11.8. The first kappa shape index (κ1) is 20.0. The molecule has 0 aliphatic rings. The molecular formula is C22H23ClN2O3. The highest BCUT2D eigenvalue weighted by Crippen LogP contribution is 2.30. The summed E-state index contributed by atoms with van der Waals surface area (Å²) in [7, 11) is 0. The van der Waals surface area contributed by atoms with Crippen LogP contribution in [0.5, 0.6) is 11.5 Å². The van der Waals surface area contributed by atoms with Gasteiger partial charge in [0.05, 0.1) is 17.3 Å². The van der Waals surface area contributed by atoms with Crippen LogP contribution in [0.25, 0.3) is 10.9 Å². The van der Waals surface area contributed by atoms with Gasteiger partial charge in [-0.1, -0.05) is 37.1 Å². The molecule has 0 bridgehead atoms. The van der Waals surface area contributed by atoms with E-state index in [4.69, 9.17) is 21.1 Å². The van der Waals surface area contributed by atoms with E-state index < -0.39 is 6.10 Å². The second kappa shape index (κ2) is 9.42. The van der Waals surface area contributed by atoms with Gasteiger partial charge in [0.2, 0.25) is 0 Å². The van der Waals surface area contributed by atoms with E-state index in [1.54, 1.807) is 25.3 Å². The zero-order chi connectivity index (χ0) is 19.9. The SMILES string of the molecule is CCCCOc1ccc(NC(=O)[C@@H](C)Oc2ccccc2Cl)c2cccnc12. The average Bonchev–Trinajstić information content (AvgIpc) is 2.71. The largest absolute Gasteiger partial charge is 0.491 e. The van der Waals surface area contributed by atoms with Crippen molar-refractivity contribution in [2.24, 2.45) is 0 Å². The molecule has 3 rings (SSSR count). The standard InChI is InChI=1S/C22H23ClN2O3/c1-3-4-14-27-20-12-11-18(16-8-7-13-24-21(16)20)25-22(26)15(2)28-19-10-6-5-9-17(19)23/h5-13,15H,3-4,14H2,1-2H3,(H,25,26)/t15-/m1/s1. The van der Waals surface area contributed by atoms with Gasteiger partial charge in [-0.25, -0.2) is 0 Å². The monoisotopic (exact) mass is 398 g/mol. The van der Waals surface area contributed by atoms with Gasteiger partial charge < -0.3 is 14.8 Å². The Morgan fingerprint density at radius 3 is 2.75 bits per heavy atom. The van der Waals surface area contributed by atoms with Crippen LogP contribution >= 0.6 is 11.6 Å². The van der Waals surface area contributed by atoms with Crippen molar-refractivity contribution >= 4 is 34.1 Å². The fourth-order valence-electron chi connectivity index (χ4n) is 2.72. The van der Waals surface area contributed by atoms with Gasteiger partial charge in [0.1, 0.15) is 17.0 Å². The number of ether oxygens (including phenoxy) is 2. The van der Waals surface area contributed by atoms with Crippen molar-refractivity contribution in [3.8, 4) is 11.5 Å². The van der Waals surface area contributed by atoms with E-state index in [9.17, 15) is 4.79 Å². The lowest BCUT2D eigenvalue weighted by atomic mass is 10.1. The smallest absolute Gasteiger partial charge is 0.265 e. The van der Waals surface area contributed by atoms with Crippen molar-refractivity contribution < 1.29 is 14.3 Å². The molecule has 146 valence electrons. The number of para-hydroxylation sites is 1. The number of aromatic nitrogens is 1. The molecule has 0 aliphatic carbocycles. The molecule has 0 radical (unpaired) electrons. The van der Waals surface area contributed by atoms with Crippen molar-refractivity contribution in [1.82, 2.24) is 4.98 Å². The van der Waals surface area contributed by atoms with E-state index >= 15 is 0 Å². The molecule has 5 nitrogen and oxygen atoms in total. The number of halogens is 1. The molecule has 0 saturated carbocycles. The number of rotatable bonds is 8. The van der Waals surface area contributed by atoms with Gasteiger partial charge in [-0.15, -0.1) is 0 Å². The number of carbonyl (C=O) groups excluding carboxylic acids is 1. The maximum absolute atomic E-state index is 12.6. The van der Waals surface area contributed by atoms with Gasteiger partial charge in [-0.05, 0) is 49.7 Å². The molecule has 3 aromatic rings. The number of benzene rings is 2. The van der Waals surface area contributed by atoms with E-state index in [0.29, 0.717) is 28.8 Å². The van der Waals surface area contributed by atoms with Gasteiger partial charge in [0.15, 0.2) is 6.10 Å². The van der Waals surface area contributed by atoms with Crippen LogP contribution in [0.2, 0.25) is 5.02 Å². The Balaban J connectivity index is 1.77. The number of nitrogens with zero attached hydrogens (tertiary/aromatic N) is 1. The molecule has 0 fully saturated rings. The molecule has 0 aliphatic heterocycles. The predicted octanol–water partition coefficient (Wildman–Crippen LogP) is 5.47. The van der Waals surface area contributed by atoms with Crippen molar-refractivity contribution in [2.75, 3.05) is 11.9 Å². The first-order valence-electron chi connectivity index (χ1n) is 9.32. The third kappa shape index (κ3) is 4.73. The molecule has 0 spiro atoms. The molecule has 1 N–H and O–H groups in total. The molecular weight excluding hydrogens is 376 g/mol. The van der Waals surface area contributed by atoms with Crippen LogP contribution in [0.3, 0.4) is 0 Å². The third-order valence-corrected chi connectivity index (χ3v) is 4.57. The van der Waals surface area contributed by atoms with Crippen LogP contribution in [0.15, 0.2) is 54.7 Å². The summed E-state index contributed by atoms with van der Waals surface area (Å²) in [5.41, 5.74) is 1.38. The number of fused-ring (bicyclic) bond motifs is 1. The van der Waals surface area contributed by atoms with Crippen molar-refractivity contribution in [1.29, 1.82) is 0 Å². The summed E-state index contributed by atoms with van der Waals surface area (Å²) in [6.45, 7) is 4.43. The topological polar surface area (TPSA) is 60.5 Å². The third-order valence-electron chi connectivity index (χ3n) is 4.26. The number of amides is 1. The molecule has 1 heterocycles. The van der Waals surface area contributed by atoms with E-state index in [-0.39, 0.29) is 5.91 Å². The van der Waals surface area contributed by atoms with Gasteiger partial charge in [0, 0.05) is 11.6 Å². The van der Waals surface area contributed by atoms with E-state index in [1.807, 2.05) is 36.4 Å². The minimum Gasteiger partial charge on any atom is -0.491 e. The van der Waals surface area contributed by atoms with E-state index in [0.717, 1.165) is 23.7 Å².